The fourth-order valence-electron chi connectivity index (χ4n) is 2.92. The summed E-state index contributed by atoms with van der Waals surface area (Å²) < 4.78 is 14.6. The highest BCUT2D eigenvalue weighted by atomic mass is 19.1. The van der Waals surface area contributed by atoms with Gasteiger partial charge in [0.1, 0.15) is 5.82 Å². The maximum Gasteiger partial charge on any atom is 0.262 e. The zero-order valence-corrected chi connectivity index (χ0v) is 13.6. The quantitative estimate of drug-likeness (QED) is 0.543. The van der Waals surface area contributed by atoms with Crippen LogP contribution in [0.25, 0.3) is 22.0 Å². The molecule has 2 heterocycles. The van der Waals surface area contributed by atoms with Gasteiger partial charge in [0, 0.05) is 28.9 Å². The Morgan fingerprint density at radius 2 is 1.73 bits per heavy atom. The molecule has 5 heteroatoms. The Labute approximate surface area is 148 Å². The van der Waals surface area contributed by atoms with Gasteiger partial charge in [-0.15, -0.1) is 0 Å². The van der Waals surface area contributed by atoms with Crippen molar-refractivity contribution in [3.8, 4) is 17.2 Å². The van der Waals surface area contributed by atoms with Crippen molar-refractivity contribution >= 4 is 16.8 Å². The van der Waals surface area contributed by atoms with E-state index in [1.165, 1.54) is 28.8 Å². The van der Waals surface area contributed by atoms with Crippen LogP contribution in [0.5, 0.6) is 0 Å². The van der Waals surface area contributed by atoms with Gasteiger partial charge in [0.05, 0.1) is 23.3 Å². The molecule has 0 N–H and O–H groups in total. The van der Waals surface area contributed by atoms with Crippen LogP contribution in [0, 0.1) is 17.1 Å². The van der Waals surface area contributed by atoms with Crippen molar-refractivity contribution in [2.45, 2.75) is 0 Å². The van der Waals surface area contributed by atoms with Crippen molar-refractivity contribution in [3.63, 3.8) is 0 Å². The fourth-order valence-corrected chi connectivity index (χ4v) is 2.92. The van der Waals surface area contributed by atoms with Crippen LogP contribution in [0.4, 0.5) is 4.39 Å². The van der Waals surface area contributed by atoms with E-state index in [0.29, 0.717) is 16.6 Å². The highest BCUT2D eigenvalue weighted by Crippen LogP contribution is 2.29. The maximum absolute atomic E-state index is 13.1. The predicted molar refractivity (Wildman–Crippen MR) is 96.0 cm³/mol. The van der Waals surface area contributed by atoms with Crippen molar-refractivity contribution < 1.29 is 9.18 Å². The first-order chi connectivity index (χ1) is 12.7. The lowest BCUT2D eigenvalue weighted by atomic mass is 10.0. The zero-order valence-electron chi connectivity index (χ0n) is 13.6. The lowest BCUT2D eigenvalue weighted by Crippen LogP contribution is -2.10. The molecule has 0 spiro atoms. The van der Waals surface area contributed by atoms with Crippen molar-refractivity contribution in [3.05, 3.63) is 90.1 Å². The van der Waals surface area contributed by atoms with Gasteiger partial charge in [-0.3, -0.25) is 14.3 Å². The number of nitriles is 1. The molecular weight excluding hydrogens is 329 g/mol. The highest BCUT2D eigenvalue weighted by molar-refractivity contribution is 6.05. The number of pyridine rings is 1. The van der Waals surface area contributed by atoms with Crippen molar-refractivity contribution in [2.24, 2.45) is 0 Å². The van der Waals surface area contributed by atoms with Crippen molar-refractivity contribution in [2.75, 3.05) is 0 Å². The van der Waals surface area contributed by atoms with Gasteiger partial charge >= 0.3 is 0 Å². The van der Waals surface area contributed by atoms with Gasteiger partial charge in [-0.25, -0.2) is 4.39 Å². The molecule has 26 heavy (non-hydrogen) atoms. The molecule has 0 bridgehead atoms. The minimum atomic E-state index is -0.385. The van der Waals surface area contributed by atoms with Crippen LogP contribution in [0.15, 0.2) is 73.2 Å². The molecule has 0 amide bonds. The average molecular weight is 341 g/mol. The number of carbonyl (C=O) groups excluding carboxylic acids is 1. The number of aromatic nitrogens is 2. The molecule has 0 saturated carbocycles. The molecule has 0 unspecified atom stereocenters. The minimum Gasteiger partial charge on any atom is -0.282 e. The molecule has 2 aromatic carbocycles. The van der Waals surface area contributed by atoms with E-state index in [1.807, 2.05) is 18.2 Å². The summed E-state index contributed by atoms with van der Waals surface area (Å²) in [6.45, 7) is 0. The van der Waals surface area contributed by atoms with E-state index in [9.17, 15) is 9.18 Å². The van der Waals surface area contributed by atoms with Gasteiger partial charge in [0.2, 0.25) is 0 Å². The Kier molecular flexibility index (Phi) is 3.79. The lowest BCUT2D eigenvalue weighted by molar-refractivity contribution is 0.0965. The summed E-state index contributed by atoms with van der Waals surface area (Å²) >= 11 is 0. The van der Waals surface area contributed by atoms with Crippen LogP contribution in [-0.4, -0.2) is 15.5 Å². The Morgan fingerprint density at radius 3 is 2.42 bits per heavy atom. The Morgan fingerprint density at radius 1 is 1.00 bits per heavy atom. The van der Waals surface area contributed by atoms with E-state index < -0.39 is 0 Å². The summed E-state index contributed by atoms with van der Waals surface area (Å²) in [6, 6.07) is 16.6. The summed E-state index contributed by atoms with van der Waals surface area (Å²) in [6.07, 6.45) is 5.05. The molecule has 4 rings (SSSR count). The standard InChI is InChI=1S/C21H12FN3O/c22-17-7-5-16(6-8-17)21(26)25-10-9-18-19(12-24-13-20(18)25)15-3-1-14(11-23)2-4-15/h1-10,12-13H. The fraction of sp³-hybridized carbons (Fsp3) is 0. The molecule has 2 aromatic heterocycles. The molecule has 124 valence electrons. The second-order valence-electron chi connectivity index (χ2n) is 5.81. The van der Waals surface area contributed by atoms with E-state index in [0.717, 1.165) is 16.5 Å². The molecule has 4 aromatic rings. The van der Waals surface area contributed by atoms with Gasteiger partial charge in [0.15, 0.2) is 0 Å². The van der Waals surface area contributed by atoms with Crippen molar-refractivity contribution in [1.29, 1.82) is 5.26 Å². The first kappa shape index (κ1) is 15.7. The number of hydrogen-bond donors (Lipinski definition) is 0. The summed E-state index contributed by atoms with van der Waals surface area (Å²) in [5, 5.41) is 9.81. The third-order valence-corrected chi connectivity index (χ3v) is 4.25. The minimum absolute atomic E-state index is 0.251. The van der Waals surface area contributed by atoms with E-state index in [1.54, 1.807) is 30.7 Å². The number of fused-ring (bicyclic) bond motifs is 1. The summed E-state index contributed by atoms with van der Waals surface area (Å²) in [5.74, 6) is -0.637. The number of nitrogens with zero attached hydrogens (tertiary/aromatic N) is 3. The van der Waals surface area contributed by atoms with Crippen LogP contribution in [0.1, 0.15) is 15.9 Å². The van der Waals surface area contributed by atoms with Gasteiger partial charge < -0.3 is 0 Å². The van der Waals surface area contributed by atoms with E-state index in [4.69, 9.17) is 5.26 Å². The maximum atomic E-state index is 13.1. The smallest absolute Gasteiger partial charge is 0.262 e. The zero-order chi connectivity index (χ0) is 18.1. The van der Waals surface area contributed by atoms with E-state index >= 15 is 0 Å². The molecule has 0 radical (unpaired) electrons. The largest absolute Gasteiger partial charge is 0.282 e. The molecule has 0 atom stereocenters. The van der Waals surface area contributed by atoms with Crippen LogP contribution in [-0.2, 0) is 0 Å². The van der Waals surface area contributed by atoms with E-state index in [2.05, 4.69) is 11.1 Å². The molecular formula is C21H12FN3O. The topological polar surface area (TPSA) is 58.7 Å². The first-order valence-electron chi connectivity index (χ1n) is 7.93. The third kappa shape index (κ3) is 2.64. The Hall–Kier alpha value is -3.78. The second-order valence-corrected chi connectivity index (χ2v) is 5.81. The Bertz CT molecular complexity index is 1150. The van der Waals surface area contributed by atoms with Crippen LogP contribution in [0.3, 0.4) is 0 Å². The number of benzene rings is 2. The van der Waals surface area contributed by atoms with Crippen LogP contribution >= 0.6 is 0 Å². The SMILES string of the molecule is N#Cc1ccc(-c2cncc3c2ccn3C(=O)c2ccc(F)cc2)cc1. The average Bonchev–Trinajstić information content (AvgIpc) is 3.12. The molecule has 0 aliphatic heterocycles. The number of rotatable bonds is 2. The normalized spacial score (nSPS) is 10.6. The number of carbonyl (C=O) groups is 1. The van der Waals surface area contributed by atoms with Crippen molar-refractivity contribution in [1.82, 2.24) is 9.55 Å². The van der Waals surface area contributed by atoms with E-state index in [-0.39, 0.29) is 11.7 Å². The summed E-state index contributed by atoms with van der Waals surface area (Å²) in [7, 11) is 0. The van der Waals surface area contributed by atoms with Gasteiger partial charge in [-0.2, -0.15) is 5.26 Å². The monoisotopic (exact) mass is 341 g/mol. The number of halogens is 1. The highest BCUT2D eigenvalue weighted by Gasteiger charge is 2.14. The van der Waals surface area contributed by atoms with Crippen LogP contribution in [0.2, 0.25) is 0 Å². The first-order valence-corrected chi connectivity index (χ1v) is 7.93. The van der Waals surface area contributed by atoms with Gasteiger partial charge in [-0.1, -0.05) is 12.1 Å². The van der Waals surface area contributed by atoms with Gasteiger partial charge in [0.25, 0.3) is 5.91 Å². The van der Waals surface area contributed by atoms with Gasteiger partial charge in [-0.05, 0) is 48.0 Å². The van der Waals surface area contributed by atoms with Crippen LogP contribution < -0.4 is 0 Å². The third-order valence-electron chi connectivity index (χ3n) is 4.25. The Balaban J connectivity index is 1.81. The molecule has 0 aliphatic carbocycles. The molecule has 4 nitrogen and oxygen atoms in total. The summed E-state index contributed by atoms with van der Waals surface area (Å²) in [5.41, 5.74) is 3.43. The summed E-state index contributed by atoms with van der Waals surface area (Å²) in [4.78, 5) is 17.0. The lowest BCUT2D eigenvalue weighted by Gasteiger charge is -2.06. The second kappa shape index (κ2) is 6.26. The molecule has 0 aliphatic rings. The predicted octanol–water partition coefficient (Wildman–Crippen LogP) is 4.40. The molecule has 0 fully saturated rings. The molecule has 0 saturated heterocycles. The number of hydrogen-bond acceptors (Lipinski definition) is 3.